The first kappa shape index (κ1) is 15.8. The number of amides is 1. The number of hydrogen-bond acceptors (Lipinski definition) is 2. The molecule has 0 aromatic heterocycles. The van der Waals surface area contributed by atoms with E-state index in [4.69, 9.17) is 16.7 Å². The zero-order chi connectivity index (χ0) is 14.6. The first-order valence-electron chi connectivity index (χ1n) is 6.16. The molecule has 0 saturated heterocycles. The Balaban J connectivity index is 2.64. The summed E-state index contributed by atoms with van der Waals surface area (Å²) in [6.07, 6.45) is -1.32. The van der Waals surface area contributed by atoms with Crippen molar-refractivity contribution in [3.05, 3.63) is 34.9 Å². The van der Waals surface area contributed by atoms with E-state index in [0.717, 1.165) is 5.56 Å². The molecule has 19 heavy (non-hydrogen) atoms. The Morgan fingerprint density at radius 3 is 2.26 bits per heavy atom. The van der Waals surface area contributed by atoms with E-state index in [1.54, 1.807) is 24.3 Å². The lowest BCUT2D eigenvalue weighted by molar-refractivity contribution is 0.0821. The van der Waals surface area contributed by atoms with E-state index in [9.17, 15) is 9.90 Å². The molecule has 5 heteroatoms. The Hall–Kier alpha value is -1.26. The van der Waals surface area contributed by atoms with Gasteiger partial charge >= 0.3 is 6.09 Å². The second kappa shape index (κ2) is 6.26. The van der Waals surface area contributed by atoms with Gasteiger partial charge in [0.2, 0.25) is 0 Å². The van der Waals surface area contributed by atoms with Crippen LogP contribution in [0.2, 0.25) is 5.02 Å². The number of benzene rings is 1. The summed E-state index contributed by atoms with van der Waals surface area (Å²) in [6, 6.07) is 6.90. The molecule has 0 aliphatic rings. The van der Waals surface area contributed by atoms with Gasteiger partial charge in [0.15, 0.2) is 0 Å². The van der Waals surface area contributed by atoms with Crippen molar-refractivity contribution in [1.82, 2.24) is 4.90 Å². The summed E-state index contributed by atoms with van der Waals surface area (Å²) >= 11 is 5.78. The zero-order valence-electron chi connectivity index (χ0n) is 11.4. The van der Waals surface area contributed by atoms with Gasteiger partial charge in [0.25, 0.3) is 0 Å². The summed E-state index contributed by atoms with van der Waals surface area (Å²) < 4.78 is 0. The summed E-state index contributed by atoms with van der Waals surface area (Å²) in [5.74, 6) is 0. The number of nitrogens with zero attached hydrogens (tertiary/aromatic N) is 1. The second-order valence-electron chi connectivity index (χ2n) is 5.46. The molecule has 1 atom stereocenters. The first-order chi connectivity index (χ1) is 8.71. The highest BCUT2D eigenvalue weighted by molar-refractivity contribution is 6.30. The maximum Gasteiger partial charge on any atom is 0.407 e. The highest BCUT2D eigenvalue weighted by atomic mass is 35.5. The predicted octanol–water partition coefficient (Wildman–Crippen LogP) is 3.54. The second-order valence-corrected chi connectivity index (χ2v) is 5.90. The SMILES string of the molecule is CC(C)(C)N(CCC(O)c1ccc(Cl)cc1)C(=O)O. The molecule has 0 heterocycles. The van der Waals surface area contributed by atoms with Gasteiger partial charge in [-0.2, -0.15) is 0 Å². The van der Waals surface area contributed by atoms with Gasteiger partial charge in [-0.3, -0.25) is 0 Å². The molecule has 0 saturated carbocycles. The topological polar surface area (TPSA) is 60.8 Å². The maximum absolute atomic E-state index is 11.2. The van der Waals surface area contributed by atoms with Crippen molar-refractivity contribution in [2.24, 2.45) is 0 Å². The lowest BCUT2D eigenvalue weighted by atomic mass is 10.0. The molecule has 0 spiro atoms. The average molecular weight is 286 g/mol. The Labute approximate surface area is 118 Å². The third kappa shape index (κ3) is 4.73. The lowest BCUT2D eigenvalue weighted by Crippen LogP contribution is -2.45. The minimum Gasteiger partial charge on any atom is -0.465 e. The Bertz CT molecular complexity index is 425. The van der Waals surface area contributed by atoms with E-state index < -0.39 is 17.7 Å². The van der Waals surface area contributed by atoms with Crippen molar-refractivity contribution >= 4 is 17.7 Å². The van der Waals surface area contributed by atoms with Crippen LogP contribution in [-0.2, 0) is 0 Å². The van der Waals surface area contributed by atoms with Gasteiger partial charge in [0.05, 0.1) is 6.10 Å². The molecular weight excluding hydrogens is 266 g/mol. The molecule has 0 aliphatic heterocycles. The van der Waals surface area contributed by atoms with Crippen LogP contribution in [0.15, 0.2) is 24.3 Å². The molecule has 0 radical (unpaired) electrons. The zero-order valence-corrected chi connectivity index (χ0v) is 12.2. The summed E-state index contributed by atoms with van der Waals surface area (Å²) in [6.45, 7) is 5.77. The standard InChI is InChI=1S/C14H20ClNO3/c1-14(2,3)16(13(18)19)9-8-12(17)10-4-6-11(15)7-5-10/h4-7,12,17H,8-9H2,1-3H3,(H,18,19). The molecule has 1 unspecified atom stereocenters. The van der Waals surface area contributed by atoms with E-state index in [2.05, 4.69) is 0 Å². The smallest absolute Gasteiger partial charge is 0.407 e. The fourth-order valence-electron chi connectivity index (χ4n) is 1.82. The molecule has 1 amide bonds. The van der Waals surface area contributed by atoms with Crippen molar-refractivity contribution in [1.29, 1.82) is 0 Å². The van der Waals surface area contributed by atoms with Crippen LogP contribution in [0.3, 0.4) is 0 Å². The van der Waals surface area contributed by atoms with Crippen molar-refractivity contribution in [3.8, 4) is 0 Å². The van der Waals surface area contributed by atoms with Crippen molar-refractivity contribution < 1.29 is 15.0 Å². The summed E-state index contributed by atoms with van der Waals surface area (Å²) in [5.41, 5.74) is 0.259. The van der Waals surface area contributed by atoms with Crippen molar-refractivity contribution in [2.75, 3.05) is 6.54 Å². The molecule has 1 aromatic rings. The molecule has 2 N–H and O–H groups in total. The lowest BCUT2D eigenvalue weighted by Gasteiger charge is -2.33. The van der Waals surface area contributed by atoms with E-state index in [1.165, 1.54) is 4.90 Å². The highest BCUT2D eigenvalue weighted by Gasteiger charge is 2.26. The molecular formula is C14H20ClNO3. The largest absolute Gasteiger partial charge is 0.465 e. The van der Waals surface area contributed by atoms with Crippen LogP contribution in [-0.4, -0.2) is 33.3 Å². The van der Waals surface area contributed by atoms with E-state index in [-0.39, 0.29) is 6.54 Å². The van der Waals surface area contributed by atoms with Gasteiger partial charge in [0.1, 0.15) is 0 Å². The van der Waals surface area contributed by atoms with E-state index >= 15 is 0 Å². The maximum atomic E-state index is 11.2. The normalized spacial score (nSPS) is 13.1. The van der Waals surface area contributed by atoms with Crippen LogP contribution < -0.4 is 0 Å². The monoisotopic (exact) mass is 285 g/mol. The van der Waals surface area contributed by atoms with Gasteiger partial charge in [-0.25, -0.2) is 4.79 Å². The molecule has 1 rings (SSSR count). The molecule has 0 aliphatic carbocycles. The Kier molecular flexibility index (Phi) is 5.20. The van der Waals surface area contributed by atoms with Crippen LogP contribution >= 0.6 is 11.6 Å². The number of aliphatic hydroxyl groups excluding tert-OH is 1. The fraction of sp³-hybridized carbons (Fsp3) is 0.500. The quantitative estimate of drug-likeness (QED) is 0.889. The van der Waals surface area contributed by atoms with Crippen LogP contribution in [0.5, 0.6) is 0 Å². The highest BCUT2D eigenvalue weighted by Crippen LogP contribution is 2.21. The number of hydrogen-bond donors (Lipinski definition) is 2. The minimum absolute atomic E-state index is 0.280. The van der Waals surface area contributed by atoms with Crippen molar-refractivity contribution in [3.63, 3.8) is 0 Å². The number of halogens is 1. The summed E-state index contributed by atoms with van der Waals surface area (Å²) in [4.78, 5) is 12.5. The number of carboxylic acid groups (broad SMARTS) is 1. The van der Waals surface area contributed by atoms with Crippen LogP contribution in [0.4, 0.5) is 4.79 Å². The molecule has 0 fully saturated rings. The molecule has 4 nitrogen and oxygen atoms in total. The Morgan fingerprint density at radius 2 is 1.84 bits per heavy atom. The number of rotatable bonds is 4. The van der Waals surface area contributed by atoms with Gasteiger partial charge in [-0.15, -0.1) is 0 Å². The minimum atomic E-state index is -0.976. The van der Waals surface area contributed by atoms with Gasteiger partial charge in [0, 0.05) is 17.1 Å². The summed E-state index contributed by atoms with van der Waals surface area (Å²) in [5, 5.41) is 19.8. The van der Waals surface area contributed by atoms with Crippen LogP contribution in [0.25, 0.3) is 0 Å². The third-order valence-corrected chi connectivity index (χ3v) is 3.17. The van der Waals surface area contributed by atoms with Gasteiger partial charge in [-0.05, 0) is 44.9 Å². The number of carbonyl (C=O) groups is 1. The fourth-order valence-corrected chi connectivity index (χ4v) is 1.95. The van der Waals surface area contributed by atoms with E-state index in [0.29, 0.717) is 11.4 Å². The van der Waals surface area contributed by atoms with Crippen LogP contribution in [0.1, 0.15) is 38.9 Å². The molecule has 106 valence electrons. The van der Waals surface area contributed by atoms with Crippen LogP contribution in [0, 0.1) is 0 Å². The number of aliphatic hydroxyl groups is 1. The average Bonchev–Trinajstić information content (AvgIpc) is 2.27. The van der Waals surface area contributed by atoms with E-state index in [1.807, 2.05) is 20.8 Å². The summed E-state index contributed by atoms with van der Waals surface area (Å²) in [7, 11) is 0. The Morgan fingerprint density at radius 1 is 1.32 bits per heavy atom. The van der Waals surface area contributed by atoms with Gasteiger partial charge < -0.3 is 15.1 Å². The van der Waals surface area contributed by atoms with Gasteiger partial charge in [-0.1, -0.05) is 23.7 Å². The van der Waals surface area contributed by atoms with Crippen molar-refractivity contribution in [2.45, 2.75) is 38.8 Å². The first-order valence-corrected chi connectivity index (χ1v) is 6.53. The third-order valence-electron chi connectivity index (χ3n) is 2.92. The molecule has 0 bridgehead atoms. The predicted molar refractivity (Wildman–Crippen MR) is 75.5 cm³/mol. The molecule has 1 aromatic carbocycles.